The largest absolute Gasteiger partial charge is 0.462 e. The van der Waals surface area contributed by atoms with Crippen LogP contribution in [0.15, 0.2) is 24.3 Å². The highest BCUT2D eigenvalue weighted by atomic mass is 16.5. The molecule has 0 radical (unpaired) electrons. The number of carbonyl (C=O) groups excluding carboxylic acids is 2. The summed E-state index contributed by atoms with van der Waals surface area (Å²) in [6.07, 6.45) is 8.06. The minimum Gasteiger partial charge on any atom is -0.462 e. The Labute approximate surface area is 158 Å². The first kappa shape index (κ1) is 22.2. The molecule has 4 nitrogen and oxygen atoms in total. The van der Waals surface area contributed by atoms with Crippen LogP contribution in [-0.2, 0) is 9.47 Å². The highest BCUT2D eigenvalue weighted by Crippen LogP contribution is 2.13. The summed E-state index contributed by atoms with van der Waals surface area (Å²) in [6, 6.07) is 6.54. The normalized spacial score (nSPS) is 12.0. The molecule has 1 aromatic rings. The quantitative estimate of drug-likeness (QED) is 0.348. The Hall–Kier alpha value is -1.84. The van der Waals surface area contributed by atoms with Crippen molar-refractivity contribution in [3.05, 3.63) is 35.4 Å². The van der Waals surface area contributed by atoms with Crippen molar-refractivity contribution in [2.45, 2.75) is 78.7 Å². The molecule has 0 aliphatic heterocycles. The maximum absolute atomic E-state index is 12.2. The van der Waals surface area contributed by atoms with Gasteiger partial charge in [0.05, 0.1) is 17.7 Å². The van der Waals surface area contributed by atoms with E-state index in [1.165, 1.54) is 32.1 Å². The molecule has 0 N–H and O–H groups in total. The maximum Gasteiger partial charge on any atom is 0.338 e. The van der Waals surface area contributed by atoms with E-state index in [9.17, 15) is 9.59 Å². The molecular weight excluding hydrogens is 328 g/mol. The molecule has 1 aromatic carbocycles. The Morgan fingerprint density at radius 2 is 1.46 bits per heavy atom. The summed E-state index contributed by atoms with van der Waals surface area (Å²) < 4.78 is 10.7. The van der Waals surface area contributed by atoms with E-state index >= 15 is 0 Å². The zero-order valence-electron chi connectivity index (χ0n) is 16.8. The Bertz CT molecular complexity index is 551. The van der Waals surface area contributed by atoms with Crippen molar-refractivity contribution in [2.75, 3.05) is 6.61 Å². The molecule has 0 heterocycles. The average molecular weight is 363 g/mol. The second kappa shape index (κ2) is 12.5. The second-order valence-corrected chi connectivity index (χ2v) is 7.19. The molecule has 0 fully saturated rings. The fraction of sp³-hybridized carbons (Fsp3) is 0.636. The summed E-state index contributed by atoms with van der Waals surface area (Å²) in [5.74, 6) is -0.551. The highest BCUT2D eigenvalue weighted by molar-refractivity contribution is 5.95. The van der Waals surface area contributed by atoms with Gasteiger partial charge in [-0.1, -0.05) is 65.4 Å². The standard InChI is InChI=1S/C22H34O4/c1-5-6-7-8-9-10-11-15-25-21(23)19-13-12-14-20(16-19)22(24)26-18(4)17(2)3/h12-14,16-18H,5-11,15H2,1-4H3. The predicted molar refractivity (Wildman–Crippen MR) is 104 cm³/mol. The lowest BCUT2D eigenvalue weighted by Gasteiger charge is -2.16. The molecule has 0 spiro atoms. The van der Waals surface area contributed by atoms with Crippen molar-refractivity contribution in [3.8, 4) is 0 Å². The maximum atomic E-state index is 12.2. The van der Waals surface area contributed by atoms with Crippen LogP contribution in [0.5, 0.6) is 0 Å². The van der Waals surface area contributed by atoms with Crippen molar-refractivity contribution in [2.24, 2.45) is 5.92 Å². The minimum atomic E-state index is -0.409. The van der Waals surface area contributed by atoms with Gasteiger partial charge in [-0.2, -0.15) is 0 Å². The van der Waals surface area contributed by atoms with Crippen molar-refractivity contribution < 1.29 is 19.1 Å². The third-order valence-electron chi connectivity index (χ3n) is 4.55. The zero-order chi connectivity index (χ0) is 19.4. The monoisotopic (exact) mass is 362 g/mol. The van der Waals surface area contributed by atoms with Crippen LogP contribution in [0, 0.1) is 5.92 Å². The summed E-state index contributed by atoms with van der Waals surface area (Å²) >= 11 is 0. The fourth-order valence-corrected chi connectivity index (χ4v) is 2.45. The lowest BCUT2D eigenvalue weighted by molar-refractivity contribution is 0.0238. The molecule has 0 aliphatic carbocycles. The lowest BCUT2D eigenvalue weighted by Crippen LogP contribution is -2.20. The third kappa shape index (κ3) is 8.50. The molecule has 1 rings (SSSR count). The molecule has 26 heavy (non-hydrogen) atoms. The molecule has 0 saturated heterocycles. The smallest absolute Gasteiger partial charge is 0.338 e. The Kier molecular flexibility index (Phi) is 10.7. The number of benzene rings is 1. The SMILES string of the molecule is CCCCCCCCCOC(=O)c1cccc(C(=O)OC(C)C(C)C)c1. The molecule has 0 amide bonds. The molecule has 1 atom stereocenters. The third-order valence-corrected chi connectivity index (χ3v) is 4.55. The summed E-state index contributed by atoms with van der Waals surface area (Å²) in [4.78, 5) is 24.3. The van der Waals surface area contributed by atoms with Gasteiger partial charge in [-0.25, -0.2) is 9.59 Å². The first-order chi connectivity index (χ1) is 12.5. The van der Waals surface area contributed by atoms with Crippen molar-refractivity contribution in [3.63, 3.8) is 0 Å². The number of carbonyl (C=O) groups is 2. The van der Waals surface area contributed by atoms with Gasteiger partial charge in [0.2, 0.25) is 0 Å². The fourth-order valence-electron chi connectivity index (χ4n) is 2.45. The molecule has 0 saturated carbocycles. The molecule has 146 valence electrons. The summed E-state index contributed by atoms with van der Waals surface area (Å²) in [6.45, 7) is 8.48. The van der Waals surface area contributed by atoms with Crippen LogP contribution in [0.3, 0.4) is 0 Å². The first-order valence-electron chi connectivity index (χ1n) is 9.93. The van der Waals surface area contributed by atoms with Crippen LogP contribution in [0.2, 0.25) is 0 Å². The van der Waals surface area contributed by atoms with E-state index in [0.717, 1.165) is 12.8 Å². The summed E-state index contributed by atoms with van der Waals surface area (Å²) in [5.41, 5.74) is 0.766. The number of hydrogen-bond acceptors (Lipinski definition) is 4. The van der Waals surface area contributed by atoms with E-state index in [-0.39, 0.29) is 18.0 Å². The van der Waals surface area contributed by atoms with Gasteiger partial charge in [0.15, 0.2) is 0 Å². The van der Waals surface area contributed by atoms with Gasteiger partial charge >= 0.3 is 11.9 Å². The van der Waals surface area contributed by atoms with Crippen LogP contribution in [-0.4, -0.2) is 24.6 Å². The zero-order valence-corrected chi connectivity index (χ0v) is 16.8. The van der Waals surface area contributed by atoms with E-state index in [2.05, 4.69) is 6.92 Å². The topological polar surface area (TPSA) is 52.6 Å². The van der Waals surface area contributed by atoms with Gasteiger partial charge in [0.1, 0.15) is 6.10 Å². The van der Waals surface area contributed by atoms with E-state index in [4.69, 9.17) is 9.47 Å². The number of ether oxygens (including phenoxy) is 2. The molecular formula is C22H34O4. The van der Waals surface area contributed by atoms with Crippen LogP contribution in [0.25, 0.3) is 0 Å². The Morgan fingerprint density at radius 3 is 2.08 bits per heavy atom. The van der Waals surface area contributed by atoms with Crippen LogP contribution in [0.1, 0.15) is 93.4 Å². The summed E-state index contributed by atoms with van der Waals surface area (Å²) in [5, 5.41) is 0. The molecule has 0 aromatic heterocycles. The number of unbranched alkanes of at least 4 members (excludes halogenated alkanes) is 6. The van der Waals surface area contributed by atoms with Gasteiger partial charge in [-0.15, -0.1) is 0 Å². The summed E-state index contributed by atoms with van der Waals surface area (Å²) in [7, 11) is 0. The first-order valence-corrected chi connectivity index (χ1v) is 9.93. The van der Waals surface area contributed by atoms with Crippen LogP contribution < -0.4 is 0 Å². The predicted octanol–water partition coefficient (Wildman–Crippen LogP) is 5.80. The molecule has 0 aliphatic rings. The second-order valence-electron chi connectivity index (χ2n) is 7.19. The van der Waals surface area contributed by atoms with Crippen LogP contribution in [0.4, 0.5) is 0 Å². The minimum absolute atomic E-state index is 0.171. The van der Waals surface area contributed by atoms with Crippen molar-refractivity contribution >= 4 is 11.9 Å². The van der Waals surface area contributed by atoms with E-state index in [1.54, 1.807) is 24.3 Å². The van der Waals surface area contributed by atoms with Crippen molar-refractivity contribution in [1.82, 2.24) is 0 Å². The van der Waals surface area contributed by atoms with Crippen molar-refractivity contribution in [1.29, 1.82) is 0 Å². The Balaban J connectivity index is 2.39. The van der Waals surface area contributed by atoms with E-state index in [1.807, 2.05) is 20.8 Å². The van der Waals surface area contributed by atoms with E-state index < -0.39 is 5.97 Å². The van der Waals surface area contributed by atoms with Gasteiger partial charge in [0.25, 0.3) is 0 Å². The van der Waals surface area contributed by atoms with E-state index in [0.29, 0.717) is 17.7 Å². The van der Waals surface area contributed by atoms with Gasteiger partial charge < -0.3 is 9.47 Å². The van der Waals surface area contributed by atoms with Gasteiger partial charge in [0, 0.05) is 0 Å². The average Bonchev–Trinajstić information content (AvgIpc) is 2.63. The number of hydrogen-bond donors (Lipinski definition) is 0. The van der Waals surface area contributed by atoms with Gasteiger partial charge in [-0.3, -0.25) is 0 Å². The highest BCUT2D eigenvalue weighted by Gasteiger charge is 2.16. The number of rotatable bonds is 12. The Morgan fingerprint density at radius 1 is 0.885 bits per heavy atom. The molecule has 4 heteroatoms. The van der Waals surface area contributed by atoms with Crippen LogP contribution >= 0.6 is 0 Å². The van der Waals surface area contributed by atoms with Gasteiger partial charge in [-0.05, 0) is 37.5 Å². The molecule has 1 unspecified atom stereocenters. The molecule has 0 bridgehead atoms. The number of esters is 2. The lowest BCUT2D eigenvalue weighted by atomic mass is 10.1.